The maximum Gasteiger partial charge on any atom is 0.198 e. The minimum Gasteiger partial charge on any atom is -0.461 e. The molecule has 0 aliphatic carbocycles. The van der Waals surface area contributed by atoms with Crippen LogP contribution < -0.4 is 5.32 Å². The van der Waals surface area contributed by atoms with Crippen molar-refractivity contribution in [1.29, 1.82) is 0 Å². The van der Waals surface area contributed by atoms with Crippen LogP contribution in [0.25, 0.3) is 11.6 Å². The van der Waals surface area contributed by atoms with Crippen molar-refractivity contribution in [3.63, 3.8) is 0 Å². The molecule has 96 valence electrons. The van der Waals surface area contributed by atoms with Gasteiger partial charge in [-0.05, 0) is 31.9 Å². The van der Waals surface area contributed by atoms with Gasteiger partial charge in [-0.1, -0.05) is 13.3 Å². The predicted molar refractivity (Wildman–Crippen MR) is 72.6 cm³/mol. The number of hydrogen-bond acceptors (Lipinski definition) is 4. The second-order valence-electron chi connectivity index (χ2n) is 4.28. The monoisotopic (exact) mass is 245 g/mol. The van der Waals surface area contributed by atoms with Crippen molar-refractivity contribution in [2.24, 2.45) is 0 Å². The molecule has 2 aromatic heterocycles. The molecule has 0 spiro atoms. The van der Waals surface area contributed by atoms with E-state index in [-0.39, 0.29) is 0 Å². The Bertz CT molecular complexity index is 495. The van der Waals surface area contributed by atoms with Crippen LogP contribution in [-0.4, -0.2) is 16.5 Å². The van der Waals surface area contributed by atoms with E-state index in [4.69, 9.17) is 4.42 Å². The van der Waals surface area contributed by atoms with E-state index in [0.29, 0.717) is 5.82 Å². The summed E-state index contributed by atoms with van der Waals surface area (Å²) >= 11 is 0. The number of anilines is 1. The lowest BCUT2D eigenvalue weighted by atomic mass is 10.2. The van der Waals surface area contributed by atoms with Gasteiger partial charge in [0.2, 0.25) is 0 Å². The third-order valence-corrected chi connectivity index (χ3v) is 2.71. The van der Waals surface area contributed by atoms with E-state index in [1.807, 2.05) is 19.1 Å². The maximum atomic E-state index is 5.46. The van der Waals surface area contributed by atoms with E-state index in [0.717, 1.165) is 42.2 Å². The molecule has 0 amide bonds. The molecule has 4 nitrogen and oxygen atoms in total. The van der Waals surface area contributed by atoms with E-state index < -0.39 is 0 Å². The highest BCUT2D eigenvalue weighted by molar-refractivity contribution is 5.55. The molecular formula is C14H19N3O. The number of rotatable bonds is 5. The zero-order valence-electron chi connectivity index (χ0n) is 11.2. The van der Waals surface area contributed by atoms with Crippen LogP contribution >= 0.6 is 0 Å². The first-order chi connectivity index (χ1) is 8.74. The average molecular weight is 245 g/mol. The van der Waals surface area contributed by atoms with Gasteiger partial charge in [-0.3, -0.25) is 0 Å². The van der Waals surface area contributed by atoms with Crippen LogP contribution in [-0.2, 0) is 6.42 Å². The Hall–Kier alpha value is -1.84. The molecule has 0 aromatic carbocycles. The van der Waals surface area contributed by atoms with Gasteiger partial charge in [-0.2, -0.15) is 0 Å². The largest absolute Gasteiger partial charge is 0.461 e. The van der Waals surface area contributed by atoms with Crippen molar-refractivity contribution in [1.82, 2.24) is 9.97 Å². The molecule has 0 atom stereocenters. The topological polar surface area (TPSA) is 51.0 Å². The number of furan rings is 1. The van der Waals surface area contributed by atoms with Gasteiger partial charge >= 0.3 is 0 Å². The van der Waals surface area contributed by atoms with Crippen molar-refractivity contribution in [2.75, 3.05) is 11.9 Å². The summed E-state index contributed by atoms with van der Waals surface area (Å²) in [6.45, 7) is 7.05. The highest BCUT2D eigenvalue weighted by Gasteiger charge is 2.11. The van der Waals surface area contributed by atoms with E-state index in [2.05, 4.69) is 29.1 Å². The summed E-state index contributed by atoms with van der Waals surface area (Å²) in [6, 6.07) is 3.94. The quantitative estimate of drug-likeness (QED) is 0.876. The Kier molecular flexibility index (Phi) is 3.97. The molecule has 4 heteroatoms. The van der Waals surface area contributed by atoms with Crippen molar-refractivity contribution < 1.29 is 4.42 Å². The molecule has 2 rings (SSSR count). The van der Waals surface area contributed by atoms with Crippen molar-refractivity contribution in [3.05, 3.63) is 29.7 Å². The fraction of sp³-hybridized carbons (Fsp3) is 0.429. The van der Waals surface area contributed by atoms with Crippen molar-refractivity contribution in [2.45, 2.75) is 33.6 Å². The summed E-state index contributed by atoms with van der Waals surface area (Å²) < 4.78 is 5.46. The second kappa shape index (κ2) is 5.67. The second-order valence-corrected chi connectivity index (χ2v) is 4.28. The number of nitrogens with zero attached hydrogens (tertiary/aromatic N) is 2. The fourth-order valence-electron chi connectivity index (χ4n) is 1.86. The third kappa shape index (κ3) is 2.70. The first-order valence-electron chi connectivity index (χ1n) is 6.40. The van der Waals surface area contributed by atoms with Gasteiger partial charge in [-0.15, -0.1) is 0 Å². The standard InChI is InChI=1S/C14H19N3O/c1-4-6-11-9-12(15-5-2)17-14(16-11)13-10(3)7-8-18-13/h7-9H,4-6H2,1-3H3,(H,15,16,17). The molecule has 0 unspecified atom stereocenters. The SMILES string of the molecule is CCCc1cc(NCC)nc(-c2occc2C)n1. The summed E-state index contributed by atoms with van der Waals surface area (Å²) in [7, 11) is 0. The lowest BCUT2D eigenvalue weighted by molar-refractivity contribution is 0.575. The Morgan fingerprint density at radius 3 is 2.72 bits per heavy atom. The van der Waals surface area contributed by atoms with Crippen molar-refractivity contribution in [3.8, 4) is 11.6 Å². The predicted octanol–water partition coefficient (Wildman–Crippen LogP) is 3.43. The maximum absolute atomic E-state index is 5.46. The molecule has 0 bridgehead atoms. The van der Waals surface area contributed by atoms with Gasteiger partial charge < -0.3 is 9.73 Å². The van der Waals surface area contributed by atoms with Crippen molar-refractivity contribution >= 4 is 5.82 Å². The first kappa shape index (κ1) is 12.6. The number of nitrogens with one attached hydrogen (secondary N) is 1. The normalized spacial score (nSPS) is 10.6. The molecule has 2 heterocycles. The van der Waals surface area contributed by atoms with Gasteiger partial charge in [-0.25, -0.2) is 9.97 Å². The average Bonchev–Trinajstić information content (AvgIpc) is 2.76. The highest BCUT2D eigenvalue weighted by atomic mass is 16.3. The molecule has 18 heavy (non-hydrogen) atoms. The van der Waals surface area contributed by atoms with Gasteiger partial charge in [0.25, 0.3) is 0 Å². The number of aryl methyl sites for hydroxylation is 2. The highest BCUT2D eigenvalue weighted by Crippen LogP contribution is 2.22. The summed E-state index contributed by atoms with van der Waals surface area (Å²) in [5.74, 6) is 2.29. The molecule has 0 saturated carbocycles. The van der Waals surface area contributed by atoms with Gasteiger partial charge in [0, 0.05) is 18.3 Å². The Balaban J connectivity index is 2.42. The Morgan fingerprint density at radius 2 is 2.11 bits per heavy atom. The van der Waals surface area contributed by atoms with Crippen LogP contribution in [0.3, 0.4) is 0 Å². The van der Waals surface area contributed by atoms with Gasteiger partial charge in [0.05, 0.1) is 6.26 Å². The summed E-state index contributed by atoms with van der Waals surface area (Å²) in [6.07, 6.45) is 3.69. The molecule has 2 aromatic rings. The molecular weight excluding hydrogens is 226 g/mol. The van der Waals surface area contributed by atoms with Crippen LogP contribution in [0.4, 0.5) is 5.82 Å². The van der Waals surface area contributed by atoms with E-state index in [1.54, 1.807) is 6.26 Å². The summed E-state index contributed by atoms with van der Waals surface area (Å²) in [4.78, 5) is 9.06. The lowest BCUT2D eigenvalue weighted by Crippen LogP contribution is -2.04. The summed E-state index contributed by atoms with van der Waals surface area (Å²) in [5.41, 5.74) is 2.11. The molecule has 0 saturated heterocycles. The molecule has 1 N–H and O–H groups in total. The minimum atomic E-state index is 0.666. The van der Waals surface area contributed by atoms with Crippen LogP contribution in [0.2, 0.25) is 0 Å². The Morgan fingerprint density at radius 1 is 1.28 bits per heavy atom. The zero-order chi connectivity index (χ0) is 13.0. The molecule has 0 radical (unpaired) electrons. The van der Waals surface area contributed by atoms with Gasteiger partial charge in [0.1, 0.15) is 5.82 Å². The number of hydrogen-bond donors (Lipinski definition) is 1. The lowest BCUT2D eigenvalue weighted by Gasteiger charge is -2.07. The zero-order valence-corrected chi connectivity index (χ0v) is 11.2. The van der Waals surface area contributed by atoms with E-state index in [1.165, 1.54) is 0 Å². The van der Waals surface area contributed by atoms with E-state index >= 15 is 0 Å². The molecule has 0 aliphatic heterocycles. The van der Waals surface area contributed by atoms with Crippen LogP contribution in [0, 0.1) is 6.92 Å². The fourth-order valence-corrected chi connectivity index (χ4v) is 1.86. The van der Waals surface area contributed by atoms with Crippen LogP contribution in [0.1, 0.15) is 31.5 Å². The van der Waals surface area contributed by atoms with E-state index in [9.17, 15) is 0 Å². The van der Waals surface area contributed by atoms with Crippen LogP contribution in [0.15, 0.2) is 22.8 Å². The third-order valence-electron chi connectivity index (χ3n) is 2.71. The molecule has 0 fully saturated rings. The number of aromatic nitrogens is 2. The Labute approximate surface area is 107 Å². The van der Waals surface area contributed by atoms with Gasteiger partial charge in [0.15, 0.2) is 11.6 Å². The first-order valence-corrected chi connectivity index (χ1v) is 6.40. The summed E-state index contributed by atoms with van der Waals surface area (Å²) in [5, 5.41) is 3.24. The van der Waals surface area contributed by atoms with Crippen LogP contribution in [0.5, 0.6) is 0 Å². The molecule has 0 aliphatic rings. The minimum absolute atomic E-state index is 0.666. The smallest absolute Gasteiger partial charge is 0.198 e.